The molecule has 2 aliphatic rings. The van der Waals surface area contributed by atoms with Crippen LogP contribution in [-0.2, 0) is 9.22 Å². The van der Waals surface area contributed by atoms with Crippen LogP contribution in [-0.4, -0.2) is 49.1 Å². The molecular formula is C9H10N5O3SSi. The van der Waals surface area contributed by atoms with E-state index in [0.717, 1.165) is 0 Å². The summed E-state index contributed by atoms with van der Waals surface area (Å²) < 4.78 is 5.15. The zero-order chi connectivity index (χ0) is 13.4. The molecule has 2 aliphatic heterocycles. The van der Waals surface area contributed by atoms with Gasteiger partial charge in [-0.1, -0.05) is 11.8 Å². The molecule has 3 heterocycles. The highest BCUT2D eigenvalue weighted by Gasteiger charge is 2.35. The first-order chi connectivity index (χ1) is 9.17. The monoisotopic (exact) mass is 296 g/mol. The van der Waals surface area contributed by atoms with E-state index in [1.807, 2.05) is 0 Å². The minimum atomic E-state index is -1.33. The first-order valence-electron chi connectivity index (χ1n) is 5.51. The summed E-state index contributed by atoms with van der Waals surface area (Å²) in [6, 6.07) is 0. The van der Waals surface area contributed by atoms with Crippen LogP contribution in [0, 0.1) is 0 Å². The van der Waals surface area contributed by atoms with Gasteiger partial charge in [-0.15, -0.1) is 0 Å². The largest absolute Gasteiger partial charge is 0.498 e. The van der Waals surface area contributed by atoms with Gasteiger partial charge >= 0.3 is 15.1 Å². The van der Waals surface area contributed by atoms with Crippen molar-refractivity contribution in [2.75, 3.05) is 28.3 Å². The van der Waals surface area contributed by atoms with Crippen molar-refractivity contribution in [1.29, 1.82) is 0 Å². The number of aromatic nitrogens is 2. The lowest BCUT2D eigenvalue weighted by molar-refractivity contribution is -0.113. The summed E-state index contributed by atoms with van der Waals surface area (Å²) >= 11 is 1.32. The summed E-state index contributed by atoms with van der Waals surface area (Å²) in [6.45, 7) is 0. The summed E-state index contributed by atoms with van der Waals surface area (Å²) in [5, 5.41) is 3.29. The van der Waals surface area contributed by atoms with Crippen LogP contribution in [0.25, 0.3) is 0 Å². The molecule has 0 aromatic carbocycles. The molecule has 0 bridgehead atoms. The first kappa shape index (κ1) is 12.4. The number of nitrogens with zero attached hydrogens (tertiary/aromatic N) is 3. The van der Waals surface area contributed by atoms with Crippen molar-refractivity contribution in [1.82, 2.24) is 9.97 Å². The van der Waals surface area contributed by atoms with Crippen molar-refractivity contribution < 1.29 is 14.0 Å². The molecule has 0 spiro atoms. The molecule has 3 N–H and O–H groups in total. The van der Waals surface area contributed by atoms with Gasteiger partial charge in [0.15, 0.2) is 11.6 Å². The molecule has 10 heteroatoms. The topological polar surface area (TPSA) is 110 Å². The number of amides is 2. The molecule has 0 unspecified atom stereocenters. The summed E-state index contributed by atoms with van der Waals surface area (Å²) in [5.74, 6) is 0.965. The van der Waals surface area contributed by atoms with Gasteiger partial charge in [0.05, 0.1) is 18.1 Å². The van der Waals surface area contributed by atoms with Gasteiger partial charge in [0, 0.05) is 6.17 Å². The zero-order valence-corrected chi connectivity index (χ0v) is 11.6. The lowest BCUT2D eigenvalue weighted by atomic mass is 10.5. The highest BCUT2D eigenvalue weighted by Crippen LogP contribution is 2.29. The van der Waals surface area contributed by atoms with Crippen LogP contribution in [0.2, 0.25) is 0 Å². The van der Waals surface area contributed by atoms with E-state index in [9.17, 15) is 9.59 Å². The van der Waals surface area contributed by atoms with E-state index in [4.69, 9.17) is 10.2 Å². The fraction of sp³-hybridized carbons (Fsp3) is 0.333. The van der Waals surface area contributed by atoms with Gasteiger partial charge in [0.25, 0.3) is 0 Å². The van der Waals surface area contributed by atoms with E-state index < -0.39 is 15.1 Å². The quantitative estimate of drug-likeness (QED) is 0.708. The van der Waals surface area contributed by atoms with Crippen molar-refractivity contribution in [3.63, 3.8) is 0 Å². The number of anilines is 2. The third-order valence-electron chi connectivity index (χ3n) is 2.61. The number of fused-ring (bicyclic) bond motifs is 1. The number of hydrogen-bond donors (Lipinski definition) is 2. The fourth-order valence-corrected chi connectivity index (χ4v) is 3.70. The number of carbonyl (C=O) groups is 2. The maximum Gasteiger partial charge on any atom is 0.401 e. The second-order valence-electron chi connectivity index (χ2n) is 3.92. The predicted octanol–water partition coefficient (Wildman–Crippen LogP) is -0.494. The molecular weight excluding hydrogens is 286 g/mol. The maximum absolute atomic E-state index is 11.7. The normalized spacial score (nSPS) is 19.1. The number of thioether (sulfide) groups is 1. The average Bonchev–Trinajstić information content (AvgIpc) is 2.79. The molecule has 1 radical (unpaired) electrons. The van der Waals surface area contributed by atoms with Crippen molar-refractivity contribution in [2.24, 2.45) is 5.73 Å². The Bertz CT molecular complexity index is 557. The lowest BCUT2D eigenvalue weighted by Crippen LogP contribution is -2.32. The van der Waals surface area contributed by atoms with E-state index in [1.165, 1.54) is 22.9 Å². The molecule has 2 amide bonds. The summed E-state index contributed by atoms with van der Waals surface area (Å²) in [6.07, 6.45) is 1.85. The van der Waals surface area contributed by atoms with Crippen LogP contribution in [0.3, 0.4) is 0 Å². The Morgan fingerprint density at radius 2 is 2.42 bits per heavy atom. The van der Waals surface area contributed by atoms with Gasteiger partial charge in [-0.25, -0.2) is 14.8 Å². The smallest absolute Gasteiger partial charge is 0.401 e. The molecule has 1 saturated heterocycles. The van der Waals surface area contributed by atoms with E-state index in [-0.39, 0.29) is 5.91 Å². The maximum atomic E-state index is 11.7. The van der Waals surface area contributed by atoms with Crippen molar-refractivity contribution in [3.05, 3.63) is 6.20 Å². The Kier molecular flexibility index (Phi) is 3.12. The molecule has 0 aliphatic carbocycles. The molecule has 1 aromatic rings. The zero-order valence-electron chi connectivity index (χ0n) is 9.75. The minimum Gasteiger partial charge on any atom is -0.498 e. The van der Waals surface area contributed by atoms with Crippen molar-refractivity contribution in [3.8, 4) is 0 Å². The third-order valence-corrected chi connectivity index (χ3v) is 5.18. The minimum absolute atomic E-state index is 0.125. The Morgan fingerprint density at radius 3 is 3.16 bits per heavy atom. The van der Waals surface area contributed by atoms with Crippen LogP contribution in [0.5, 0.6) is 0 Å². The molecule has 0 saturated carbocycles. The van der Waals surface area contributed by atoms with Gasteiger partial charge in [-0.2, -0.15) is 0 Å². The van der Waals surface area contributed by atoms with Crippen molar-refractivity contribution in [2.45, 2.75) is 5.03 Å². The summed E-state index contributed by atoms with van der Waals surface area (Å²) in [7, 11) is -1.33. The van der Waals surface area contributed by atoms with E-state index in [2.05, 4.69) is 15.3 Å². The Hall–Kier alpha value is -1.65. The van der Waals surface area contributed by atoms with Crippen LogP contribution < -0.4 is 16.0 Å². The Morgan fingerprint density at radius 1 is 1.58 bits per heavy atom. The van der Waals surface area contributed by atoms with Crippen LogP contribution in [0.1, 0.15) is 0 Å². The summed E-state index contributed by atoms with van der Waals surface area (Å²) in [5.41, 5.74) is 5.51. The molecule has 1 fully saturated rings. The van der Waals surface area contributed by atoms with Gasteiger partial charge in [0.2, 0.25) is 5.91 Å². The number of hydrogen-bond acceptors (Lipinski definition) is 7. The van der Waals surface area contributed by atoms with E-state index in [0.29, 0.717) is 34.8 Å². The van der Waals surface area contributed by atoms with E-state index in [1.54, 1.807) is 0 Å². The van der Waals surface area contributed by atoms with Crippen LogP contribution in [0.15, 0.2) is 11.2 Å². The SMILES string of the molecule is NC[Si]1CN(c2cnc3c(n2)NC(=O)CS3)C(=O)O1. The number of nitrogens with two attached hydrogens (primary N) is 1. The second kappa shape index (κ2) is 4.79. The van der Waals surface area contributed by atoms with Gasteiger partial charge in [-0.05, 0) is 0 Å². The fourth-order valence-electron chi connectivity index (χ4n) is 1.72. The van der Waals surface area contributed by atoms with E-state index >= 15 is 0 Å². The molecule has 3 rings (SSSR count). The third kappa shape index (κ3) is 2.29. The number of rotatable bonds is 2. The molecule has 0 atom stereocenters. The van der Waals surface area contributed by atoms with Crippen molar-refractivity contribution >= 4 is 44.4 Å². The van der Waals surface area contributed by atoms with Gasteiger partial charge in [-0.3, -0.25) is 9.69 Å². The Labute approximate surface area is 114 Å². The van der Waals surface area contributed by atoms with Crippen LogP contribution >= 0.6 is 11.8 Å². The Balaban J connectivity index is 1.88. The predicted molar refractivity (Wildman–Crippen MR) is 70.0 cm³/mol. The van der Waals surface area contributed by atoms with Gasteiger partial charge < -0.3 is 15.5 Å². The molecule has 1 aromatic heterocycles. The lowest BCUT2D eigenvalue weighted by Gasteiger charge is -2.17. The first-order valence-corrected chi connectivity index (χ1v) is 8.32. The molecule has 99 valence electrons. The molecule has 19 heavy (non-hydrogen) atoms. The van der Waals surface area contributed by atoms with Gasteiger partial charge in [0.1, 0.15) is 5.03 Å². The number of nitrogens with one attached hydrogen (secondary N) is 1. The average molecular weight is 296 g/mol. The standard InChI is InChI=1S/C9H10N5O3SSi/c10-3-19-4-14(9(16)17-19)5-1-11-8-7(12-5)13-6(15)2-18-8/h1H,2-4,10H2,(H,12,13,15). The highest BCUT2D eigenvalue weighted by molar-refractivity contribution is 8.00. The summed E-state index contributed by atoms with van der Waals surface area (Å²) in [4.78, 5) is 32.8. The number of carbonyl (C=O) groups excluding carboxylic acids is 2. The second-order valence-corrected chi connectivity index (χ2v) is 6.89. The van der Waals surface area contributed by atoms with Crippen LogP contribution in [0.4, 0.5) is 16.4 Å². The highest BCUT2D eigenvalue weighted by atomic mass is 32.2. The molecule has 8 nitrogen and oxygen atoms in total.